The summed E-state index contributed by atoms with van der Waals surface area (Å²) in [4.78, 5) is 0. The van der Waals surface area contributed by atoms with E-state index in [9.17, 15) is 0 Å². The van der Waals surface area contributed by atoms with Crippen LogP contribution in [0.4, 0.5) is 0 Å². The SMILES string of the molecule is COCOCCc1cc(OC)c(Br)cc1OC. The van der Waals surface area contributed by atoms with E-state index in [-0.39, 0.29) is 0 Å². The summed E-state index contributed by atoms with van der Waals surface area (Å²) in [6.45, 7) is 0.880. The van der Waals surface area contributed by atoms with Gasteiger partial charge in [-0.25, -0.2) is 0 Å². The number of hydrogen-bond acceptors (Lipinski definition) is 4. The zero-order chi connectivity index (χ0) is 12.7. The first-order valence-corrected chi connectivity index (χ1v) is 5.99. The normalized spacial score (nSPS) is 10.4. The maximum Gasteiger partial charge on any atom is 0.146 e. The Kier molecular flexibility index (Phi) is 6.32. The first-order chi connectivity index (χ1) is 8.22. The first kappa shape index (κ1) is 14.3. The molecule has 0 aliphatic rings. The van der Waals surface area contributed by atoms with Gasteiger partial charge in [0.1, 0.15) is 18.3 Å². The Morgan fingerprint density at radius 2 is 1.76 bits per heavy atom. The molecule has 0 spiro atoms. The summed E-state index contributed by atoms with van der Waals surface area (Å²) in [5, 5.41) is 0. The highest BCUT2D eigenvalue weighted by Gasteiger charge is 2.09. The molecule has 1 rings (SSSR count). The molecule has 0 saturated heterocycles. The second-order valence-electron chi connectivity index (χ2n) is 3.36. The van der Waals surface area contributed by atoms with Gasteiger partial charge in [0.25, 0.3) is 0 Å². The van der Waals surface area contributed by atoms with Crippen molar-refractivity contribution in [1.82, 2.24) is 0 Å². The zero-order valence-corrected chi connectivity index (χ0v) is 11.9. The topological polar surface area (TPSA) is 36.9 Å². The number of rotatable bonds is 7. The van der Waals surface area contributed by atoms with Crippen LogP contribution in [-0.2, 0) is 15.9 Å². The predicted molar refractivity (Wildman–Crippen MR) is 68.8 cm³/mol. The Labute approximate surface area is 110 Å². The fourth-order valence-corrected chi connectivity index (χ4v) is 1.93. The summed E-state index contributed by atoms with van der Waals surface area (Å²) < 4.78 is 21.5. The molecule has 0 N–H and O–H groups in total. The molecule has 0 radical (unpaired) electrons. The van der Waals surface area contributed by atoms with Gasteiger partial charge in [0, 0.05) is 12.7 Å². The number of hydrogen-bond donors (Lipinski definition) is 0. The molecular formula is C12H17BrO4. The van der Waals surface area contributed by atoms with Crippen molar-refractivity contribution in [3.05, 3.63) is 22.2 Å². The van der Waals surface area contributed by atoms with Crippen LogP contribution >= 0.6 is 15.9 Å². The average Bonchev–Trinajstić information content (AvgIpc) is 2.35. The molecule has 0 aromatic heterocycles. The van der Waals surface area contributed by atoms with Crippen molar-refractivity contribution < 1.29 is 18.9 Å². The lowest BCUT2D eigenvalue weighted by atomic mass is 10.1. The highest BCUT2D eigenvalue weighted by molar-refractivity contribution is 9.10. The quantitative estimate of drug-likeness (QED) is 0.573. The van der Waals surface area contributed by atoms with Crippen molar-refractivity contribution in [3.8, 4) is 11.5 Å². The molecular weight excluding hydrogens is 288 g/mol. The van der Waals surface area contributed by atoms with Gasteiger partial charge in [-0.3, -0.25) is 0 Å². The number of methoxy groups -OCH3 is 3. The van der Waals surface area contributed by atoms with E-state index in [1.165, 1.54) is 0 Å². The maximum atomic E-state index is 5.31. The van der Waals surface area contributed by atoms with E-state index in [0.717, 1.165) is 28.0 Å². The van der Waals surface area contributed by atoms with Gasteiger partial charge in [0.2, 0.25) is 0 Å². The average molecular weight is 305 g/mol. The summed E-state index contributed by atoms with van der Waals surface area (Å²) in [6.07, 6.45) is 0.746. The number of benzene rings is 1. The van der Waals surface area contributed by atoms with Gasteiger partial charge in [-0.2, -0.15) is 0 Å². The predicted octanol–water partition coefficient (Wildman–Crippen LogP) is 2.63. The monoisotopic (exact) mass is 304 g/mol. The fourth-order valence-electron chi connectivity index (χ4n) is 1.44. The van der Waals surface area contributed by atoms with Gasteiger partial charge in [0.05, 0.1) is 25.3 Å². The minimum atomic E-state index is 0.302. The highest BCUT2D eigenvalue weighted by atomic mass is 79.9. The molecule has 5 heteroatoms. The Bertz CT molecular complexity index is 355. The summed E-state index contributed by atoms with van der Waals surface area (Å²) in [6, 6.07) is 3.84. The Balaban J connectivity index is 2.74. The molecule has 0 fully saturated rings. The van der Waals surface area contributed by atoms with Gasteiger partial charge in [-0.1, -0.05) is 0 Å². The molecule has 0 amide bonds. The second kappa shape index (κ2) is 7.53. The van der Waals surface area contributed by atoms with Crippen LogP contribution < -0.4 is 9.47 Å². The van der Waals surface area contributed by atoms with Crippen LogP contribution in [0.5, 0.6) is 11.5 Å². The lowest BCUT2D eigenvalue weighted by molar-refractivity contribution is -0.0292. The van der Waals surface area contributed by atoms with Crippen LogP contribution in [0.15, 0.2) is 16.6 Å². The summed E-state index contributed by atoms with van der Waals surface area (Å²) in [7, 11) is 4.88. The lowest BCUT2D eigenvalue weighted by Crippen LogP contribution is -2.03. The van der Waals surface area contributed by atoms with Crippen LogP contribution in [0.3, 0.4) is 0 Å². The molecule has 96 valence electrons. The molecule has 1 aromatic rings. The van der Waals surface area contributed by atoms with Gasteiger partial charge >= 0.3 is 0 Å². The van der Waals surface area contributed by atoms with Crippen LogP contribution in [-0.4, -0.2) is 34.7 Å². The van der Waals surface area contributed by atoms with E-state index in [1.807, 2.05) is 12.1 Å². The van der Waals surface area contributed by atoms with Crippen molar-refractivity contribution in [1.29, 1.82) is 0 Å². The molecule has 4 nitrogen and oxygen atoms in total. The highest BCUT2D eigenvalue weighted by Crippen LogP contribution is 2.32. The van der Waals surface area contributed by atoms with Gasteiger partial charge in [0.15, 0.2) is 0 Å². The van der Waals surface area contributed by atoms with Gasteiger partial charge < -0.3 is 18.9 Å². The molecule has 0 aliphatic carbocycles. The number of ether oxygens (including phenoxy) is 4. The van der Waals surface area contributed by atoms with Crippen LogP contribution in [0.25, 0.3) is 0 Å². The minimum Gasteiger partial charge on any atom is -0.496 e. The molecule has 0 aliphatic heterocycles. The molecule has 0 saturated carbocycles. The van der Waals surface area contributed by atoms with E-state index >= 15 is 0 Å². The van der Waals surface area contributed by atoms with Crippen molar-refractivity contribution in [3.63, 3.8) is 0 Å². The van der Waals surface area contributed by atoms with Crippen molar-refractivity contribution in [2.45, 2.75) is 6.42 Å². The third-order valence-electron chi connectivity index (χ3n) is 2.27. The third kappa shape index (κ3) is 4.18. The number of halogens is 1. The summed E-state index contributed by atoms with van der Waals surface area (Å²) in [5.41, 5.74) is 1.05. The van der Waals surface area contributed by atoms with Crippen LogP contribution in [0, 0.1) is 0 Å². The minimum absolute atomic E-state index is 0.302. The largest absolute Gasteiger partial charge is 0.496 e. The van der Waals surface area contributed by atoms with Crippen LogP contribution in [0.2, 0.25) is 0 Å². The maximum absolute atomic E-state index is 5.31. The smallest absolute Gasteiger partial charge is 0.146 e. The van der Waals surface area contributed by atoms with Gasteiger partial charge in [-0.05, 0) is 34.5 Å². The van der Waals surface area contributed by atoms with Crippen molar-refractivity contribution in [2.24, 2.45) is 0 Å². The van der Waals surface area contributed by atoms with E-state index in [4.69, 9.17) is 18.9 Å². The molecule has 0 heterocycles. The van der Waals surface area contributed by atoms with Crippen molar-refractivity contribution >= 4 is 15.9 Å². The third-order valence-corrected chi connectivity index (χ3v) is 2.89. The van der Waals surface area contributed by atoms with E-state index in [2.05, 4.69) is 15.9 Å². The summed E-state index contributed by atoms with van der Waals surface area (Å²) in [5.74, 6) is 1.60. The van der Waals surface area contributed by atoms with E-state index in [0.29, 0.717) is 13.4 Å². The molecule has 0 bridgehead atoms. The Morgan fingerprint density at radius 3 is 2.35 bits per heavy atom. The fraction of sp³-hybridized carbons (Fsp3) is 0.500. The van der Waals surface area contributed by atoms with E-state index < -0.39 is 0 Å². The Morgan fingerprint density at radius 1 is 1.06 bits per heavy atom. The molecule has 17 heavy (non-hydrogen) atoms. The molecule has 0 atom stereocenters. The van der Waals surface area contributed by atoms with E-state index in [1.54, 1.807) is 21.3 Å². The second-order valence-corrected chi connectivity index (χ2v) is 4.22. The summed E-state index contributed by atoms with van der Waals surface area (Å²) >= 11 is 3.42. The first-order valence-electron chi connectivity index (χ1n) is 5.20. The molecule has 0 unspecified atom stereocenters. The van der Waals surface area contributed by atoms with Crippen molar-refractivity contribution in [2.75, 3.05) is 34.7 Å². The Hall–Kier alpha value is -0.780. The van der Waals surface area contributed by atoms with Crippen LogP contribution in [0.1, 0.15) is 5.56 Å². The zero-order valence-electron chi connectivity index (χ0n) is 10.3. The molecule has 1 aromatic carbocycles. The van der Waals surface area contributed by atoms with Gasteiger partial charge in [-0.15, -0.1) is 0 Å². The lowest BCUT2D eigenvalue weighted by Gasteiger charge is -2.12. The standard InChI is InChI=1S/C12H17BrO4/c1-14-8-17-5-4-9-6-12(16-3)10(13)7-11(9)15-2/h6-7H,4-5,8H2,1-3H3.